The molecule has 132 valence electrons. The highest BCUT2D eigenvalue weighted by atomic mass is 16.5. The number of aliphatic hydroxyl groups excluding tert-OH is 1. The standard InChI is InChI=1S/C14H26N4O5/c1-5-6-7-23-9-17-12-11(18(10(2)19)14(17)21)15(3)13(20)16(12)8-22-4/h10-12,19H,5-9H2,1-4H3. The van der Waals surface area contributed by atoms with Crippen LogP contribution < -0.4 is 0 Å². The summed E-state index contributed by atoms with van der Waals surface area (Å²) in [5.74, 6) is 0. The maximum atomic E-state index is 12.6. The molecule has 2 aliphatic heterocycles. The summed E-state index contributed by atoms with van der Waals surface area (Å²) in [7, 11) is 3.10. The van der Waals surface area contributed by atoms with Crippen molar-refractivity contribution in [1.29, 1.82) is 0 Å². The third kappa shape index (κ3) is 3.08. The van der Waals surface area contributed by atoms with Crippen LogP contribution >= 0.6 is 0 Å². The minimum absolute atomic E-state index is 0.0662. The number of aliphatic hydroxyl groups is 1. The van der Waals surface area contributed by atoms with Crippen molar-refractivity contribution in [3.05, 3.63) is 0 Å². The van der Waals surface area contributed by atoms with Crippen LogP contribution in [0.2, 0.25) is 0 Å². The lowest BCUT2D eigenvalue weighted by atomic mass is 10.3. The van der Waals surface area contributed by atoms with Crippen molar-refractivity contribution in [3.63, 3.8) is 0 Å². The summed E-state index contributed by atoms with van der Waals surface area (Å²) >= 11 is 0. The molecule has 2 heterocycles. The zero-order chi connectivity index (χ0) is 17.1. The molecular weight excluding hydrogens is 304 g/mol. The molecule has 23 heavy (non-hydrogen) atoms. The van der Waals surface area contributed by atoms with E-state index in [1.54, 1.807) is 7.05 Å². The van der Waals surface area contributed by atoms with Crippen LogP contribution in [0.15, 0.2) is 0 Å². The molecular formula is C14H26N4O5. The minimum Gasteiger partial charge on any atom is -0.374 e. The summed E-state index contributed by atoms with van der Waals surface area (Å²) < 4.78 is 10.7. The molecule has 0 saturated carbocycles. The lowest BCUT2D eigenvalue weighted by Crippen LogP contribution is -2.48. The number of nitrogens with zero attached hydrogens (tertiary/aromatic N) is 4. The number of fused-ring (bicyclic) bond motifs is 1. The van der Waals surface area contributed by atoms with Crippen molar-refractivity contribution in [2.45, 2.75) is 45.2 Å². The van der Waals surface area contributed by atoms with Crippen LogP contribution in [0, 0.1) is 0 Å². The Kier molecular flexibility index (Phi) is 5.66. The summed E-state index contributed by atoms with van der Waals surface area (Å²) in [6.45, 7) is 4.25. The SMILES string of the molecule is CCCCOCN1C(=O)N(C(C)O)C2C1N(COC)C(=O)N2C. The Morgan fingerprint density at radius 3 is 2.39 bits per heavy atom. The van der Waals surface area contributed by atoms with Gasteiger partial charge in [-0.05, 0) is 13.3 Å². The first-order valence-electron chi connectivity index (χ1n) is 7.82. The zero-order valence-electron chi connectivity index (χ0n) is 14.1. The summed E-state index contributed by atoms with van der Waals surface area (Å²) in [5, 5.41) is 9.97. The monoisotopic (exact) mass is 330 g/mol. The van der Waals surface area contributed by atoms with Crippen molar-refractivity contribution in [1.82, 2.24) is 19.6 Å². The fraction of sp³-hybridized carbons (Fsp3) is 0.857. The summed E-state index contributed by atoms with van der Waals surface area (Å²) in [5.41, 5.74) is 0. The molecule has 4 amide bonds. The van der Waals surface area contributed by atoms with Gasteiger partial charge in [0.25, 0.3) is 0 Å². The van der Waals surface area contributed by atoms with E-state index in [1.807, 2.05) is 0 Å². The molecule has 2 rings (SSSR count). The molecule has 0 aromatic heterocycles. The molecule has 0 aromatic rings. The van der Waals surface area contributed by atoms with E-state index in [2.05, 4.69) is 6.92 Å². The van der Waals surface area contributed by atoms with Crippen LogP contribution in [0.1, 0.15) is 26.7 Å². The highest BCUT2D eigenvalue weighted by molar-refractivity contribution is 5.85. The number of ether oxygens (including phenoxy) is 2. The van der Waals surface area contributed by atoms with Crippen LogP contribution in [-0.2, 0) is 9.47 Å². The maximum Gasteiger partial charge on any atom is 0.327 e. The summed E-state index contributed by atoms with van der Waals surface area (Å²) in [6, 6.07) is -0.606. The van der Waals surface area contributed by atoms with E-state index in [1.165, 1.54) is 33.6 Å². The Morgan fingerprint density at radius 1 is 1.17 bits per heavy atom. The number of rotatable bonds is 8. The number of carbonyl (C=O) groups is 2. The smallest absolute Gasteiger partial charge is 0.327 e. The van der Waals surface area contributed by atoms with Gasteiger partial charge in [0.05, 0.1) is 0 Å². The van der Waals surface area contributed by atoms with Crippen LogP contribution in [0.3, 0.4) is 0 Å². The Morgan fingerprint density at radius 2 is 1.83 bits per heavy atom. The van der Waals surface area contributed by atoms with Crippen LogP contribution in [0.4, 0.5) is 9.59 Å². The number of methoxy groups -OCH3 is 1. The van der Waals surface area contributed by atoms with Gasteiger partial charge in [-0.25, -0.2) is 9.59 Å². The fourth-order valence-electron chi connectivity index (χ4n) is 3.02. The molecule has 0 bridgehead atoms. The molecule has 0 radical (unpaired) electrons. The van der Waals surface area contributed by atoms with Crippen molar-refractivity contribution in [3.8, 4) is 0 Å². The van der Waals surface area contributed by atoms with Gasteiger partial charge >= 0.3 is 12.1 Å². The molecule has 9 nitrogen and oxygen atoms in total. The molecule has 0 aromatic carbocycles. The number of hydrogen-bond acceptors (Lipinski definition) is 5. The first kappa shape index (κ1) is 17.8. The summed E-state index contributed by atoms with van der Waals surface area (Å²) in [6.07, 6.45) is -0.224. The van der Waals surface area contributed by atoms with Crippen molar-refractivity contribution < 1.29 is 24.2 Å². The molecule has 2 aliphatic rings. The molecule has 0 aliphatic carbocycles. The van der Waals surface area contributed by atoms with E-state index >= 15 is 0 Å². The van der Waals surface area contributed by atoms with E-state index in [-0.39, 0.29) is 25.5 Å². The first-order chi connectivity index (χ1) is 11.0. The molecule has 3 unspecified atom stereocenters. The summed E-state index contributed by atoms with van der Waals surface area (Å²) in [4.78, 5) is 30.7. The Labute approximate surface area is 136 Å². The largest absolute Gasteiger partial charge is 0.374 e. The molecule has 2 saturated heterocycles. The van der Waals surface area contributed by atoms with E-state index in [9.17, 15) is 14.7 Å². The molecule has 1 N–H and O–H groups in total. The second kappa shape index (κ2) is 7.33. The molecule has 9 heteroatoms. The normalized spacial score (nSPS) is 25.6. The minimum atomic E-state index is -1.01. The van der Waals surface area contributed by atoms with Gasteiger partial charge in [-0.1, -0.05) is 13.3 Å². The topological polar surface area (TPSA) is 85.8 Å². The Bertz CT molecular complexity index is 447. The van der Waals surface area contributed by atoms with Gasteiger partial charge in [-0.15, -0.1) is 0 Å². The molecule has 2 fully saturated rings. The van der Waals surface area contributed by atoms with Gasteiger partial charge in [0.2, 0.25) is 0 Å². The maximum absolute atomic E-state index is 12.6. The van der Waals surface area contributed by atoms with E-state index in [0.29, 0.717) is 6.61 Å². The number of unbranched alkanes of at least 4 members (excludes halogenated alkanes) is 1. The quantitative estimate of drug-likeness (QED) is 0.654. The lowest BCUT2D eigenvalue weighted by molar-refractivity contribution is -0.0197. The van der Waals surface area contributed by atoms with Crippen molar-refractivity contribution in [2.75, 3.05) is 34.2 Å². The third-order valence-corrected chi connectivity index (χ3v) is 4.14. The van der Waals surface area contributed by atoms with E-state index in [4.69, 9.17) is 9.47 Å². The molecule has 0 spiro atoms. The highest BCUT2D eigenvalue weighted by Gasteiger charge is 2.59. The van der Waals surface area contributed by atoms with E-state index in [0.717, 1.165) is 12.8 Å². The first-order valence-corrected chi connectivity index (χ1v) is 7.82. The van der Waals surface area contributed by atoms with Crippen LogP contribution in [0.5, 0.6) is 0 Å². The predicted octanol–water partition coefficient (Wildman–Crippen LogP) is 0.460. The Hall–Kier alpha value is -1.58. The zero-order valence-corrected chi connectivity index (χ0v) is 14.1. The van der Waals surface area contributed by atoms with E-state index < -0.39 is 18.6 Å². The van der Waals surface area contributed by atoms with Gasteiger partial charge in [0, 0.05) is 20.8 Å². The second-order valence-electron chi connectivity index (χ2n) is 5.79. The highest BCUT2D eigenvalue weighted by Crippen LogP contribution is 2.34. The number of carbonyl (C=O) groups excluding carboxylic acids is 2. The van der Waals surface area contributed by atoms with Gasteiger partial charge in [0.1, 0.15) is 19.7 Å². The third-order valence-electron chi connectivity index (χ3n) is 4.14. The van der Waals surface area contributed by atoms with Crippen LogP contribution in [0.25, 0.3) is 0 Å². The van der Waals surface area contributed by atoms with Gasteiger partial charge in [-0.2, -0.15) is 0 Å². The van der Waals surface area contributed by atoms with Gasteiger partial charge in [0.15, 0.2) is 12.3 Å². The van der Waals surface area contributed by atoms with Crippen molar-refractivity contribution in [2.24, 2.45) is 0 Å². The van der Waals surface area contributed by atoms with Gasteiger partial charge < -0.3 is 19.5 Å². The van der Waals surface area contributed by atoms with Gasteiger partial charge in [-0.3, -0.25) is 14.7 Å². The van der Waals surface area contributed by atoms with Crippen LogP contribution in [-0.4, -0.2) is 89.6 Å². The fourth-order valence-corrected chi connectivity index (χ4v) is 3.02. The number of urea groups is 2. The average molecular weight is 330 g/mol. The molecule has 3 atom stereocenters. The lowest BCUT2D eigenvalue weighted by Gasteiger charge is -2.29. The number of likely N-dealkylation sites (N-methyl/N-ethyl adjacent to an activating group) is 1. The second-order valence-corrected chi connectivity index (χ2v) is 5.79. The average Bonchev–Trinajstić information content (AvgIpc) is 2.92. The predicted molar refractivity (Wildman–Crippen MR) is 80.9 cm³/mol. The number of amides is 4. The number of hydrogen-bond donors (Lipinski definition) is 1. The Balaban J connectivity index is 2.22. The van der Waals surface area contributed by atoms with Crippen molar-refractivity contribution >= 4 is 12.1 Å².